The summed E-state index contributed by atoms with van der Waals surface area (Å²) in [7, 11) is 2.06. The number of anilines is 1. The second-order valence-electron chi connectivity index (χ2n) is 4.92. The van der Waals surface area contributed by atoms with Gasteiger partial charge >= 0.3 is 0 Å². The van der Waals surface area contributed by atoms with Crippen molar-refractivity contribution in [3.05, 3.63) is 36.7 Å². The monoisotopic (exact) mass is 241 g/mol. The first-order chi connectivity index (χ1) is 8.88. The summed E-state index contributed by atoms with van der Waals surface area (Å²) in [5.41, 5.74) is 1.35. The van der Waals surface area contributed by atoms with Crippen molar-refractivity contribution in [2.45, 2.75) is 18.9 Å². The SMILES string of the molecule is CNC1CCN(c2cccc3cnccc23)CC1. The van der Waals surface area contributed by atoms with Crippen LogP contribution in [0.4, 0.5) is 5.69 Å². The van der Waals surface area contributed by atoms with Gasteiger partial charge in [-0.25, -0.2) is 0 Å². The average Bonchev–Trinajstić information content (AvgIpc) is 2.47. The van der Waals surface area contributed by atoms with Gasteiger partial charge < -0.3 is 10.2 Å². The van der Waals surface area contributed by atoms with Crippen LogP contribution in [-0.4, -0.2) is 31.2 Å². The number of hydrogen-bond donors (Lipinski definition) is 1. The van der Waals surface area contributed by atoms with E-state index in [9.17, 15) is 0 Å². The summed E-state index contributed by atoms with van der Waals surface area (Å²) in [6.07, 6.45) is 6.27. The highest BCUT2D eigenvalue weighted by Crippen LogP contribution is 2.28. The van der Waals surface area contributed by atoms with E-state index in [1.807, 2.05) is 12.4 Å². The zero-order chi connectivity index (χ0) is 12.4. The fourth-order valence-corrected chi connectivity index (χ4v) is 2.79. The Morgan fingerprint density at radius 2 is 2.06 bits per heavy atom. The van der Waals surface area contributed by atoms with Crippen LogP contribution >= 0.6 is 0 Å². The largest absolute Gasteiger partial charge is 0.371 e. The minimum Gasteiger partial charge on any atom is -0.371 e. The number of rotatable bonds is 2. The molecule has 1 aromatic heterocycles. The molecular formula is C15H19N3. The summed E-state index contributed by atoms with van der Waals surface area (Å²) >= 11 is 0. The molecule has 0 radical (unpaired) electrons. The fraction of sp³-hybridized carbons (Fsp3) is 0.400. The molecule has 0 bridgehead atoms. The second kappa shape index (κ2) is 4.94. The number of piperidine rings is 1. The van der Waals surface area contributed by atoms with Crippen LogP contribution in [0.2, 0.25) is 0 Å². The third-order valence-electron chi connectivity index (χ3n) is 3.90. The van der Waals surface area contributed by atoms with E-state index in [0.717, 1.165) is 13.1 Å². The van der Waals surface area contributed by atoms with Crippen molar-refractivity contribution in [1.29, 1.82) is 0 Å². The van der Waals surface area contributed by atoms with E-state index in [1.165, 1.54) is 29.3 Å². The zero-order valence-corrected chi connectivity index (χ0v) is 10.8. The van der Waals surface area contributed by atoms with E-state index in [2.05, 4.69) is 46.5 Å². The topological polar surface area (TPSA) is 28.2 Å². The smallest absolute Gasteiger partial charge is 0.0447 e. The van der Waals surface area contributed by atoms with Gasteiger partial charge in [0.15, 0.2) is 0 Å². The summed E-state index contributed by atoms with van der Waals surface area (Å²) in [4.78, 5) is 6.69. The van der Waals surface area contributed by atoms with Gasteiger partial charge in [-0.15, -0.1) is 0 Å². The highest BCUT2D eigenvalue weighted by molar-refractivity contribution is 5.93. The van der Waals surface area contributed by atoms with Gasteiger partial charge in [0.2, 0.25) is 0 Å². The first-order valence-corrected chi connectivity index (χ1v) is 6.63. The lowest BCUT2D eigenvalue weighted by Crippen LogP contribution is -2.41. The lowest BCUT2D eigenvalue weighted by molar-refractivity contribution is 0.443. The number of pyridine rings is 1. The maximum absolute atomic E-state index is 4.20. The Hall–Kier alpha value is -1.61. The summed E-state index contributed by atoms with van der Waals surface area (Å²) in [5, 5.41) is 5.92. The highest BCUT2D eigenvalue weighted by atomic mass is 15.1. The molecule has 0 spiro atoms. The van der Waals surface area contributed by atoms with Gasteiger partial charge in [0.1, 0.15) is 0 Å². The molecule has 3 nitrogen and oxygen atoms in total. The molecule has 0 saturated carbocycles. The standard InChI is InChI=1S/C15H19N3/c1-16-13-6-9-18(10-7-13)15-4-2-3-12-11-17-8-5-14(12)15/h2-5,8,11,13,16H,6-7,9-10H2,1H3. The highest BCUT2D eigenvalue weighted by Gasteiger charge is 2.18. The minimum atomic E-state index is 0.679. The van der Waals surface area contributed by atoms with Gasteiger partial charge in [0, 0.05) is 48.0 Å². The molecule has 1 fully saturated rings. The van der Waals surface area contributed by atoms with Crippen LogP contribution in [-0.2, 0) is 0 Å². The number of fused-ring (bicyclic) bond motifs is 1. The Balaban J connectivity index is 1.91. The molecule has 18 heavy (non-hydrogen) atoms. The number of aromatic nitrogens is 1. The quantitative estimate of drug-likeness (QED) is 0.875. The summed E-state index contributed by atoms with van der Waals surface area (Å²) in [5.74, 6) is 0. The number of nitrogens with one attached hydrogen (secondary N) is 1. The van der Waals surface area contributed by atoms with Gasteiger partial charge in [0.25, 0.3) is 0 Å². The van der Waals surface area contributed by atoms with Crippen LogP contribution in [0, 0.1) is 0 Å². The summed E-state index contributed by atoms with van der Waals surface area (Å²) in [6, 6.07) is 9.28. The van der Waals surface area contributed by atoms with Gasteiger partial charge in [0.05, 0.1) is 0 Å². The lowest BCUT2D eigenvalue weighted by Gasteiger charge is -2.34. The van der Waals surface area contributed by atoms with E-state index in [-0.39, 0.29) is 0 Å². The molecule has 3 rings (SSSR count). The Labute approximate surface area is 108 Å². The minimum absolute atomic E-state index is 0.679. The second-order valence-corrected chi connectivity index (χ2v) is 4.92. The predicted octanol–water partition coefficient (Wildman–Crippen LogP) is 2.42. The Morgan fingerprint density at radius 3 is 2.83 bits per heavy atom. The molecule has 1 aliphatic heterocycles. The van der Waals surface area contributed by atoms with Gasteiger partial charge in [-0.2, -0.15) is 0 Å². The molecule has 2 heterocycles. The predicted molar refractivity (Wildman–Crippen MR) is 76.0 cm³/mol. The van der Waals surface area contributed by atoms with Crippen LogP contribution in [0.25, 0.3) is 10.8 Å². The molecule has 1 N–H and O–H groups in total. The van der Waals surface area contributed by atoms with E-state index in [4.69, 9.17) is 0 Å². The van der Waals surface area contributed by atoms with E-state index in [0.29, 0.717) is 6.04 Å². The van der Waals surface area contributed by atoms with Gasteiger partial charge in [-0.05, 0) is 32.0 Å². The summed E-state index contributed by atoms with van der Waals surface area (Å²) < 4.78 is 0. The molecule has 1 aromatic carbocycles. The van der Waals surface area contributed by atoms with Crippen molar-refractivity contribution in [3.63, 3.8) is 0 Å². The average molecular weight is 241 g/mol. The van der Waals surface area contributed by atoms with Crippen LogP contribution in [0.15, 0.2) is 36.7 Å². The third kappa shape index (κ3) is 2.06. The molecule has 0 unspecified atom stereocenters. The maximum atomic E-state index is 4.20. The molecule has 3 heteroatoms. The number of hydrogen-bond acceptors (Lipinski definition) is 3. The van der Waals surface area contributed by atoms with E-state index >= 15 is 0 Å². The molecule has 0 aliphatic carbocycles. The zero-order valence-electron chi connectivity index (χ0n) is 10.8. The van der Waals surface area contributed by atoms with Gasteiger partial charge in [-0.1, -0.05) is 12.1 Å². The van der Waals surface area contributed by atoms with Crippen LogP contribution < -0.4 is 10.2 Å². The van der Waals surface area contributed by atoms with Crippen LogP contribution in [0.1, 0.15) is 12.8 Å². The molecule has 2 aromatic rings. The first kappa shape index (κ1) is 11.5. The summed E-state index contributed by atoms with van der Waals surface area (Å²) in [6.45, 7) is 2.26. The number of benzene rings is 1. The number of nitrogens with zero attached hydrogens (tertiary/aromatic N) is 2. The first-order valence-electron chi connectivity index (χ1n) is 6.63. The maximum Gasteiger partial charge on any atom is 0.0447 e. The van der Waals surface area contributed by atoms with Crippen molar-refractivity contribution in [2.75, 3.05) is 25.0 Å². The Morgan fingerprint density at radius 1 is 1.22 bits per heavy atom. The Bertz CT molecular complexity index is 525. The third-order valence-corrected chi connectivity index (χ3v) is 3.90. The molecule has 94 valence electrons. The molecule has 0 amide bonds. The van der Waals surface area contributed by atoms with Crippen molar-refractivity contribution >= 4 is 16.5 Å². The fourth-order valence-electron chi connectivity index (χ4n) is 2.79. The lowest BCUT2D eigenvalue weighted by atomic mass is 10.0. The van der Waals surface area contributed by atoms with Crippen molar-refractivity contribution in [1.82, 2.24) is 10.3 Å². The normalized spacial score (nSPS) is 17.3. The molecule has 1 aliphatic rings. The van der Waals surface area contributed by atoms with Crippen LogP contribution in [0.5, 0.6) is 0 Å². The van der Waals surface area contributed by atoms with Crippen LogP contribution in [0.3, 0.4) is 0 Å². The van der Waals surface area contributed by atoms with Crippen molar-refractivity contribution in [2.24, 2.45) is 0 Å². The van der Waals surface area contributed by atoms with E-state index in [1.54, 1.807) is 0 Å². The van der Waals surface area contributed by atoms with Crippen molar-refractivity contribution in [3.8, 4) is 0 Å². The Kier molecular flexibility index (Phi) is 3.15. The van der Waals surface area contributed by atoms with Crippen molar-refractivity contribution < 1.29 is 0 Å². The molecular weight excluding hydrogens is 222 g/mol. The molecule has 0 atom stereocenters. The van der Waals surface area contributed by atoms with Gasteiger partial charge in [-0.3, -0.25) is 4.98 Å². The molecule has 1 saturated heterocycles. The van der Waals surface area contributed by atoms with E-state index < -0.39 is 0 Å².